The number of carbonyl (C=O) groups is 1. The highest BCUT2D eigenvalue weighted by Crippen LogP contribution is 2.33. The van der Waals surface area contributed by atoms with Crippen molar-refractivity contribution in [3.05, 3.63) is 0 Å². The van der Waals surface area contributed by atoms with Crippen LogP contribution in [0.3, 0.4) is 0 Å². The lowest BCUT2D eigenvalue weighted by Gasteiger charge is -2.33. The summed E-state index contributed by atoms with van der Waals surface area (Å²) in [6.45, 7) is 5.62. The van der Waals surface area contributed by atoms with Gasteiger partial charge in [-0.3, -0.25) is 4.79 Å². The van der Waals surface area contributed by atoms with Crippen LogP contribution in [0, 0.1) is 17.8 Å². The number of hydrogen-bond acceptors (Lipinski definition) is 2. The molecule has 3 aliphatic rings. The van der Waals surface area contributed by atoms with Crippen LogP contribution < -0.4 is 5.32 Å². The van der Waals surface area contributed by atoms with E-state index in [0.717, 1.165) is 32.0 Å². The Balaban J connectivity index is 1.50. The molecule has 0 spiro atoms. The fourth-order valence-electron chi connectivity index (χ4n) is 4.41. The van der Waals surface area contributed by atoms with E-state index < -0.39 is 0 Å². The Labute approximate surface area is 136 Å². The largest absolute Gasteiger partial charge is 0.339 e. The summed E-state index contributed by atoms with van der Waals surface area (Å²) in [5.41, 5.74) is 0. The van der Waals surface area contributed by atoms with Crippen LogP contribution in [0.15, 0.2) is 0 Å². The summed E-state index contributed by atoms with van der Waals surface area (Å²) in [7, 11) is 0. The van der Waals surface area contributed by atoms with Crippen LogP contribution in [0.25, 0.3) is 0 Å². The van der Waals surface area contributed by atoms with Crippen molar-refractivity contribution in [3.63, 3.8) is 0 Å². The molecule has 3 fully saturated rings. The Morgan fingerprint density at radius 3 is 2.50 bits per heavy atom. The Morgan fingerprint density at radius 2 is 1.86 bits per heavy atom. The second kappa shape index (κ2) is 7.81. The van der Waals surface area contributed by atoms with Crippen molar-refractivity contribution in [2.75, 3.05) is 19.6 Å². The van der Waals surface area contributed by atoms with E-state index in [4.69, 9.17) is 0 Å². The smallest absolute Gasteiger partial charge is 0.223 e. The maximum Gasteiger partial charge on any atom is 0.223 e. The molecule has 1 amide bonds. The van der Waals surface area contributed by atoms with Gasteiger partial charge < -0.3 is 10.2 Å². The standard InChI is InChI=1S/C19H34N2O/c1-15(17-8-5-11-20-13-17)12-19(22)21(18-9-10-18)14-16-6-3-2-4-7-16/h15-18,20H,2-14H2,1H3. The number of hydrogen-bond donors (Lipinski definition) is 1. The zero-order valence-corrected chi connectivity index (χ0v) is 14.4. The van der Waals surface area contributed by atoms with Crippen LogP contribution in [0.2, 0.25) is 0 Å². The minimum Gasteiger partial charge on any atom is -0.339 e. The maximum atomic E-state index is 12.9. The predicted molar refractivity (Wildman–Crippen MR) is 90.7 cm³/mol. The van der Waals surface area contributed by atoms with E-state index >= 15 is 0 Å². The molecule has 2 saturated carbocycles. The van der Waals surface area contributed by atoms with E-state index in [1.54, 1.807) is 0 Å². The van der Waals surface area contributed by atoms with E-state index in [-0.39, 0.29) is 0 Å². The van der Waals surface area contributed by atoms with E-state index in [0.29, 0.717) is 23.8 Å². The molecule has 3 nitrogen and oxygen atoms in total. The normalized spacial score (nSPS) is 28.3. The molecule has 1 N–H and O–H groups in total. The van der Waals surface area contributed by atoms with Crippen LogP contribution in [0.1, 0.15) is 71.1 Å². The third-order valence-electron chi connectivity index (χ3n) is 6.12. The van der Waals surface area contributed by atoms with Crippen LogP contribution >= 0.6 is 0 Å². The second-order valence-corrected chi connectivity index (χ2v) is 8.07. The highest BCUT2D eigenvalue weighted by atomic mass is 16.2. The number of rotatable bonds is 6. The molecular formula is C19H34N2O. The third-order valence-corrected chi connectivity index (χ3v) is 6.12. The summed E-state index contributed by atoms with van der Waals surface area (Å²) < 4.78 is 0. The average Bonchev–Trinajstić information content (AvgIpc) is 3.39. The fourth-order valence-corrected chi connectivity index (χ4v) is 4.41. The van der Waals surface area contributed by atoms with Gasteiger partial charge in [-0.15, -0.1) is 0 Å². The SMILES string of the molecule is CC(CC(=O)N(CC1CCCCC1)C1CC1)C1CCCNC1. The average molecular weight is 306 g/mol. The monoisotopic (exact) mass is 306 g/mol. The van der Waals surface area contributed by atoms with Crippen molar-refractivity contribution in [2.24, 2.45) is 17.8 Å². The van der Waals surface area contributed by atoms with Crippen LogP contribution in [-0.4, -0.2) is 36.5 Å². The maximum absolute atomic E-state index is 12.9. The zero-order valence-electron chi connectivity index (χ0n) is 14.4. The highest BCUT2D eigenvalue weighted by Gasteiger charge is 2.35. The summed E-state index contributed by atoms with van der Waals surface area (Å²) in [5.74, 6) is 2.47. The lowest BCUT2D eigenvalue weighted by molar-refractivity contribution is -0.134. The molecule has 0 radical (unpaired) electrons. The van der Waals surface area contributed by atoms with Gasteiger partial charge in [0.1, 0.15) is 0 Å². The summed E-state index contributed by atoms with van der Waals surface area (Å²) in [4.78, 5) is 15.1. The first kappa shape index (κ1) is 16.3. The number of carbonyl (C=O) groups excluding carboxylic acids is 1. The molecule has 0 aromatic rings. The molecule has 0 aromatic heterocycles. The lowest BCUT2D eigenvalue weighted by Crippen LogP contribution is -2.40. The number of nitrogens with one attached hydrogen (secondary N) is 1. The van der Waals surface area contributed by atoms with E-state index in [1.807, 2.05) is 0 Å². The first-order chi connectivity index (χ1) is 10.7. The third kappa shape index (κ3) is 4.47. The molecule has 2 unspecified atom stereocenters. The summed E-state index contributed by atoms with van der Waals surface area (Å²) in [6, 6.07) is 0.589. The van der Waals surface area contributed by atoms with Gasteiger partial charge in [-0.1, -0.05) is 26.2 Å². The van der Waals surface area contributed by atoms with Gasteiger partial charge in [0.2, 0.25) is 5.91 Å². The number of piperidine rings is 1. The van der Waals surface area contributed by atoms with Gasteiger partial charge in [-0.2, -0.15) is 0 Å². The molecule has 3 heteroatoms. The molecule has 2 aliphatic carbocycles. The summed E-state index contributed by atoms with van der Waals surface area (Å²) in [5, 5.41) is 3.49. The Morgan fingerprint density at radius 1 is 1.09 bits per heavy atom. The molecule has 0 aromatic carbocycles. The molecule has 1 aliphatic heterocycles. The molecule has 126 valence electrons. The summed E-state index contributed by atoms with van der Waals surface area (Å²) in [6.07, 6.45) is 12.7. The topological polar surface area (TPSA) is 32.3 Å². The molecule has 22 heavy (non-hydrogen) atoms. The lowest BCUT2D eigenvalue weighted by atomic mass is 9.85. The Kier molecular flexibility index (Phi) is 5.78. The van der Waals surface area contributed by atoms with Gasteiger partial charge in [0.25, 0.3) is 0 Å². The number of nitrogens with zero attached hydrogens (tertiary/aromatic N) is 1. The van der Waals surface area contributed by atoms with Gasteiger partial charge in [-0.25, -0.2) is 0 Å². The molecule has 1 saturated heterocycles. The van der Waals surface area contributed by atoms with Crippen molar-refractivity contribution < 1.29 is 4.79 Å². The Hall–Kier alpha value is -0.570. The summed E-state index contributed by atoms with van der Waals surface area (Å²) >= 11 is 0. The second-order valence-electron chi connectivity index (χ2n) is 8.07. The predicted octanol–water partition coefficient (Wildman–Crippen LogP) is 3.58. The number of amides is 1. The molecule has 2 atom stereocenters. The van der Waals surface area contributed by atoms with Crippen molar-refractivity contribution in [1.29, 1.82) is 0 Å². The first-order valence-electron chi connectivity index (χ1n) is 9.74. The molecular weight excluding hydrogens is 272 g/mol. The Bertz CT molecular complexity index is 354. The van der Waals surface area contributed by atoms with Crippen LogP contribution in [-0.2, 0) is 4.79 Å². The minimum absolute atomic E-state index is 0.450. The van der Waals surface area contributed by atoms with Gasteiger partial charge in [0, 0.05) is 19.0 Å². The van der Waals surface area contributed by atoms with Crippen molar-refractivity contribution in [2.45, 2.75) is 77.2 Å². The quantitative estimate of drug-likeness (QED) is 0.813. The van der Waals surface area contributed by atoms with E-state index in [1.165, 1.54) is 57.8 Å². The zero-order chi connectivity index (χ0) is 15.4. The van der Waals surface area contributed by atoms with Gasteiger partial charge >= 0.3 is 0 Å². The molecule has 1 heterocycles. The van der Waals surface area contributed by atoms with Gasteiger partial charge in [0.05, 0.1) is 0 Å². The van der Waals surface area contributed by atoms with Crippen LogP contribution in [0.4, 0.5) is 0 Å². The van der Waals surface area contributed by atoms with E-state index in [9.17, 15) is 4.79 Å². The van der Waals surface area contributed by atoms with Gasteiger partial charge in [-0.05, 0) is 69.4 Å². The highest BCUT2D eigenvalue weighted by molar-refractivity contribution is 5.77. The van der Waals surface area contributed by atoms with Crippen molar-refractivity contribution in [3.8, 4) is 0 Å². The van der Waals surface area contributed by atoms with Gasteiger partial charge in [0.15, 0.2) is 0 Å². The van der Waals surface area contributed by atoms with Crippen molar-refractivity contribution >= 4 is 5.91 Å². The van der Waals surface area contributed by atoms with E-state index in [2.05, 4.69) is 17.1 Å². The van der Waals surface area contributed by atoms with Crippen molar-refractivity contribution in [1.82, 2.24) is 10.2 Å². The molecule has 3 rings (SSSR count). The van der Waals surface area contributed by atoms with Crippen LogP contribution in [0.5, 0.6) is 0 Å². The first-order valence-corrected chi connectivity index (χ1v) is 9.74. The fraction of sp³-hybridized carbons (Fsp3) is 0.947. The minimum atomic E-state index is 0.450. The molecule has 0 bridgehead atoms.